The van der Waals surface area contributed by atoms with E-state index in [1.54, 1.807) is 0 Å². The molecule has 2 aliphatic carbocycles. The van der Waals surface area contributed by atoms with Crippen LogP contribution in [0.15, 0.2) is 0 Å². The van der Waals surface area contributed by atoms with Gasteiger partial charge in [0.05, 0.1) is 0 Å². The van der Waals surface area contributed by atoms with E-state index in [0.717, 1.165) is 11.8 Å². The van der Waals surface area contributed by atoms with Crippen molar-refractivity contribution in [3.8, 4) is 0 Å². The lowest BCUT2D eigenvalue weighted by Crippen LogP contribution is -2.40. The molecule has 2 rings (SSSR count). The molecule has 0 spiro atoms. The molecule has 0 bridgehead atoms. The van der Waals surface area contributed by atoms with E-state index in [1.807, 2.05) is 0 Å². The van der Waals surface area contributed by atoms with Gasteiger partial charge >= 0.3 is 0 Å². The van der Waals surface area contributed by atoms with Crippen molar-refractivity contribution in [1.82, 2.24) is 4.90 Å². The Labute approximate surface area is 87.8 Å². The van der Waals surface area contributed by atoms with Gasteiger partial charge in [0.15, 0.2) is 0 Å². The second kappa shape index (κ2) is 4.63. The summed E-state index contributed by atoms with van der Waals surface area (Å²) >= 11 is 0. The van der Waals surface area contributed by atoms with E-state index < -0.39 is 0 Å². The van der Waals surface area contributed by atoms with Crippen LogP contribution in [0.25, 0.3) is 0 Å². The zero-order valence-electron chi connectivity index (χ0n) is 9.41. The number of hydrogen-bond donors (Lipinski definition) is 1. The van der Waals surface area contributed by atoms with Crippen molar-refractivity contribution < 1.29 is 0 Å². The van der Waals surface area contributed by atoms with Crippen LogP contribution < -0.4 is 5.73 Å². The second-order valence-electron chi connectivity index (χ2n) is 5.37. The summed E-state index contributed by atoms with van der Waals surface area (Å²) in [6.07, 6.45) is 8.28. The van der Waals surface area contributed by atoms with E-state index >= 15 is 0 Å². The number of rotatable bonds is 4. The molecule has 0 aromatic heterocycles. The summed E-state index contributed by atoms with van der Waals surface area (Å²) in [4.78, 5) is 2.51. The standard InChI is InChI=1S/C12H24N2/c1-14(8-10-6-7-10)9-11-4-2-3-5-12(11)13/h10-12H,2-9,13H2,1H3. The SMILES string of the molecule is CN(CC1CC1)CC1CCCCC1N. The maximum Gasteiger partial charge on any atom is 0.00793 e. The minimum Gasteiger partial charge on any atom is -0.327 e. The highest BCUT2D eigenvalue weighted by molar-refractivity contribution is 4.82. The van der Waals surface area contributed by atoms with Crippen molar-refractivity contribution >= 4 is 0 Å². The van der Waals surface area contributed by atoms with Gasteiger partial charge < -0.3 is 10.6 Å². The number of hydrogen-bond acceptors (Lipinski definition) is 2. The Morgan fingerprint density at radius 2 is 1.79 bits per heavy atom. The van der Waals surface area contributed by atoms with Crippen LogP contribution >= 0.6 is 0 Å². The van der Waals surface area contributed by atoms with Gasteiger partial charge in [-0.3, -0.25) is 0 Å². The quantitative estimate of drug-likeness (QED) is 0.743. The smallest absolute Gasteiger partial charge is 0.00793 e. The Kier molecular flexibility index (Phi) is 3.45. The lowest BCUT2D eigenvalue weighted by Gasteiger charge is -2.32. The molecule has 0 saturated heterocycles. The average Bonchev–Trinajstić information content (AvgIpc) is 2.93. The first-order valence-electron chi connectivity index (χ1n) is 6.20. The van der Waals surface area contributed by atoms with Crippen LogP contribution in [0.2, 0.25) is 0 Å². The van der Waals surface area contributed by atoms with Gasteiger partial charge in [0, 0.05) is 19.1 Å². The molecule has 0 heterocycles. The predicted molar refractivity (Wildman–Crippen MR) is 60.2 cm³/mol. The summed E-state index contributed by atoms with van der Waals surface area (Å²) in [5.74, 6) is 1.78. The molecule has 82 valence electrons. The third-order valence-electron chi connectivity index (χ3n) is 3.78. The first-order valence-corrected chi connectivity index (χ1v) is 6.20. The zero-order valence-corrected chi connectivity index (χ0v) is 9.41. The Morgan fingerprint density at radius 3 is 2.43 bits per heavy atom. The van der Waals surface area contributed by atoms with Crippen molar-refractivity contribution in [2.75, 3.05) is 20.1 Å². The molecule has 2 saturated carbocycles. The molecule has 2 nitrogen and oxygen atoms in total. The molecular formula is C12H24N2. The van der Waals surface area contributed by atoms with E-state index in [4.69, 9.17) is 5.73 Å². The van der Waals surface area contributed by atoms with Gasteiger partial charge in [0.25, 0.3) is 0 Å². The molecule has 2 N–H and O–H groups in total. The molecule has 0 aromatic carbocycles. The highest BCUT2D eigenvalue weighted by Gasteiger charge is 2.26. The lowest BCUT2D eigenvalue weighted by atomic mass is 9.85. The number of nitrogens with two attached hydrogens (primary N) is 1. The highest BCUT2D eigenvalue weighted by atomic mass is 15.1. The Balaban J connectivity index is 1.70. The molecule has 0 radical (unpaired) electrons. The molecule has 14 heavy (non-hydrogen) atoms. The van der Waals surface area contributed by atoms with Crippen LogP contribution in [0.3, 0.4) is 0 Å². The van der Waals surface area contributed by atoms with Crippen molar-refractivity contribution in [3.63, 3.8) is 0 Å². The Hall–Kier alpha value is -0.0800. The normalized spacial score (nSPS) is 33.6. The first-order chi connectivity index (χ1) is 6.75. The minimum absolute atomic E-state index is 0.477. The second-order valence-corrected chi connectivity index (χ2v) is 5.37. The summed E-state index contributed by atoms with van der Waals surface area (Å²) in [6, 6.07) is 0.477. The monoisotopic (exact) mass is 196 g/mol. The predicted octanol–water partition coefficient (Wildman–Crippen LogP) is 1.85. The van der Waals surface area contributed by atoms with E-state index in [-0.39, 0.29) is 0 Å². The molecule has 2 atom stereocenters. The van der Waals surface area contributed by atoms with Gasteiger partial charge in [0.1, 0.15) is 0 Å². The number of nitrogens with zero attached hydrogens (tertiary/aromatic N) is 1. The molecule has 0 amide bonds. The topological polar surface area (TPSA) is 29.3 Å². The summed E-state index contributed by atoms with van der Waals surface area (Å²) in [6.45, 7) is 2.54. The zero-order chi connectivity index (χ0) is 9.97. The van der Waals surface area contributed by atoms with E-state index in [9.17, 15) is 0 Å². The van der Waals surface area contributed by atoms with Gasteiger partial charge in [-0.1, -0.05) is 12.8 Å². The van der Waals surface area contributed by atoms with Crippen LogP contribution in [0, 0.1) is 11.8 Å². The van der Waals surface area contributed by atoms with Gasteiger partial charge in [-0.05, 0) is 44.6 Å². The molecule has 0 aliphatic heterocycles. The molecule has 2 unspecified atom stereocenters. The summed E-state index contributed by atoms with van der Waals surface area (Å²) in [5.41, 5.74) is 6.15. The fourth-order valence-corrected chi connectivity index (χ4v) is 2.68. The van der Waals surface area contributed by atoms with Crippen LogP contribution in [0.5, 0.6) is 0 Å². The van der Waals surface area contributed by atoms with E-state index in [2.05, 4.69) is 11.9 Å². The fourth-order valence-electron chi connectivity index (χ4n) is 2.68. The van der Waals surface area contributed by atoms with E-state index in [0.29, 0.717) is 6.04 Å². The largest absolute Gasteiger partial charge is 0.327 e. The average molecular weight is 196 g/mol. The van der Waals surface area contributed by atoms with Crippen LogP contribution in [0.4, 0.5) is 0 Å². The van der Waals surface area contributed by atoms with Gasteiger partial charge in [-0.15, -0.1) is 0 Å². The summed E-state index contributed by atoms with van der Waals surface area (Å²) < 4.78 is 0. The van der Waals surface area contributed by atoms with Crippen molar-refractivity contribution in [3.05, 3.63) is 0 Å². The van der Waals surface area contributed by atoms with Crippen LogP contribution in [-0.2, 0) is 0 Å². The summed E-state index contributed by atoms with van der Waals surface area (Å²) in [5, 5.41) is 0. The van der Waals surface area contributed by atoms with E-state index in [1.165, 1.54) is 51.6 Å². The Bertz CT molecular complexity index is 177. The fraction of sp³-hybridized carbons (Fsp3) is 1.00. The highest BCUT2D eigenvalue weighted by Crippen LogP contribution is 2.30. The molecule has 0 aromatic rings. The maximum atomic E-state index is 6.15. The van der Waals surface area contributed by atoms with Crippen molar-refractivity contribution in [1.29, 1.82) is 0 Å². The lowest BCUT2D eigenvalue weighted by molar-refractivity contribution is 0.206. The minimum atomic E-state index is 0.477. The Morgan fingerprint density at radius 1 is 1.07 bits per heavy atom. The first kappa shape index (κ1) is 10.4. The van der Waals surface area contributed by atoms with Gasteiger partial charge in [-0.2, -0.15) is 0 Å². The molecular weight excluding hydrogens is 172 g/mol. The molecule has 2 heteroatoms. The third kappa shape index (κ3) is 2.96. The molecule has 2 fully saturated rings. The van der Waals surface area contributed by atoms with Crippen molar-refractivity contribution in [2.45, 2.75) is 44.6 Å². The maximum absolute atomic E-state index is 6.15. The van der Waals surface area contributed by atoms with Crippen LogP contribution in [-0.4, -0.2) is 31.1 Å². The van der Waals surface area contributed by atoms with Gasteiger partial charge in [0.2, 0.25) is 0 Å². The third-order valence-corrected chi connectivity index (χ3v) is 3.78. The van der Waals surface area contributed by atoms with Gasteiger partial charge in [-0.25, -0.2) is 0 Å². The summed E-state index contributed by atoms with van der Waals surface area (Å²) in [7, 11) is 2.26. The van der Waals surface area contributed by atoms with Crippen LogP contribution in [0.1, 0.15) is 38.5 Å². The van der Waals surface area contributed by atoms with Crippen molar-refractivity contribution in [2.24, 2.45) is 17.6 Å². The molecule has 2 aliphatic rings.